The third kappa shape index (κ3) is 3.18. The van der Waals surface area contributed by atoms with Crippen LogP contribution in [0.4, 0.5) is 0 Å². The largest absolute Gasteiger partial charge is 0.365 e. The van der Waals surface area contributed by atoms with E-state index in [2.05, 4.69) is 36.7 Å². The first-order chi connectivity index (χ1) is 6.77. The van der Waals surface area contributed by atoms with E-state index in [0.717, 1.165) is 26.1 Å². The van der Waals surface area contributed by atoms with Gasteiger partial charge in [-0.15, -0.1) is 0 Å². The Morgan fingerprint density at radius 1 is 1.43 bits per heavy atom. The Balaban J connectivity index is 2.31. The van der Waals surface area contributed by atoms with Crippen LogP contribution in [0.15, 0.2) is 18.3 Å². The molecule has 0 aliphatic rings. The zero-order valence-electron chi connectivity index (χ0n) is 9.29. The molecule has 79 valence electrons. The van der Waals surface area contributed by atoms with Crippen LogP contribution in [0, 0.1) is 6.92 Å². The van der Waals surface area contributed by atoms with Crippen LogP contribution in [0.2, 0.25) is 0 Å². The summed E-state index contributed by atoms with van der Waals surface area (Å²) in [5.41, 5.74) is 1.25. The fraction of sp³-hybridized carbons (Fsp3) is 0.583. The smallest absolute Gasteiger partial charge is 0.0179 e. The normalized spacial score (nSPS) is 13.4. The summed E-state index contributed by atoms with van der Waals surface area (Å²) in [5.74, 6) is 0.394. The molecule has 1 unspecified atom stereocenters. The van der Waals surface area contributed by atoms with Crippen LogP contribution in [0.5, 0.6) is 0 Å². The van der Waals surface area contributed by atoms with Crippen molar-refractivity contribution in [2.24, 2.45) is 0 Å². The summed E-state index contributed by atoms with van der Waals surface area (Å²) in [6.07, 6.45) is 3.09. The van der Waals surface area contributed by atoms with Gasteiger partial charge in [0.15, 0.2) is 0 Å². The van der Waals surface area contributed by atoms with E-state index in [-0.39, 0.29) is 0 Å². The zero-order valence-corrected chi connectivity index (χ0v) is 9.29. The first-order valence-electron chi connectivity index (χ1n) is 5.46. The highest BCUT2D eigenvalue weighted by atomic mass is 15.1. The maximum Gasteiger partial charge on any atom is 0.0179 e. The number of aromatic nitrogens is 1. The molecule has 0 spiro atoms. The minimum atomic E-state index is 0.394. The summed E-state index contributed by atoms with van der Waals surface area (Å²) < 4.78 is 0. The lowest BCUT2D eigenvalue weighted by Gasteiger charge is -2.19. The predicted molar refractivity (Wildman–Crippen MR) is 61.3 cm³/mol. The average molecular weight is 193 g/mol. The van der Waals surface area contributed by atoms with Gasteiger partial charge in [0.1, 0.15) is 0 Å². The van der Waals surface area contributed by atoms with Gasteiger partial charge in [0.25, 0.3) is 0 Å². The number of nitrogens with one attached hydrogen (secondary N) is 1. The van der Waals surface area contributed by atoms with Crippen LogP contribution in [0.25, 0.3) is 0 Å². The Labute approximate surface area is 87.3 Å². The van der Waals surface area contributed by atoms with Crippen LogP contribution in [0.1, 0.15) is 31.9 Å². The quantitative estimate of drug-likeness (QED) is 0.736. The van der Waals surface area contributed by atoms with Gasteiger partial charge in [-0.05, 0) is 45.1 Å². The van der Waals surface area contributed by atoms with Crippen molar-refractivity contribution in [3.8, 4) is 0 Å². The molecule has 2 heteroatoms. The van der Waals surface area contributed by atoms with Crippen molar-refractivity contribution in [1.29, 1.82) is 0 Å². The lowest BCUT2D eigenvalue weighted by atomic mass is 10.0. The van der Waals surface area contributed by atoms with Gasteiger partial charge >= 0.3 is 0 Å². The minimum Gasteiger partial charge on any atom is -0.365 e. The van der Waals surface area contributed by atoms with Gasteiger partial charge in [0.2, 0.25) is 0 Å². The van der Waals surface area contributed by atoms with Crippen molar-refractivity contribution < 1.29 is 0 Å². The van der Waals surface area contributed by atoms with Crippen molar-refractivity contribution in [2.45, 2.75) is 26.2 Å². The number of hydrogen-bond donors (Lipinski definition) is 1. The highest BCUT2D eigenvalue weighted by Gasteiger charge is 2.07. The zero-order chi connectivity index (χ0) is 10.4. The fourth-order valence-electron chi connectivity index (χ4n) is 1.63. The predicted octanol–water partition coefficient (Wildman–Crippen LogP) is 2.66. The van der Waals surface area contributed by atoms with Crippen LogP contribution in [0.3, 0.4) is 0 Å². The highest BCUT2D eigenvalue weighted by Crippen LogP contribution is 2.16. The molecule has 1 rings (SSSR count). The van der Waals surface area contributed by atoms with Gasteiger partial charge in [-0.3, -0.25) is 0 Å². The lowest BCUT2D eigenvalue weighted by Crippen LogP contribution is -2.25. The third-order valence-electron chi connectivity index (χ3n) is 2.75. The molecule has 1 atom stereocenters. The molecule has 0 fully saturated rings. The molecule has 0 saturated heterocycles. The van der Waals surface area contributed by atoms with E-state index in [9.17, 15) is 0 Å². The first kappa shape index (κ1) is 11.3. The van der Waals surface area contributed by atoms with E-state index in [1.54, 1.807) is 0 Å². The van der Waals surface area contributed by atoms with Gasteiger partial charge in [0.05, 0.1) is 0 Å². The first-order valence-corrected chi connectivity index (χ1v) is 5.46. The van der Waals surface area contributed by atoms with Crippen molar-refractivity contribution in [2.75, 3.05) is 19.6 Å². The molecule has 1 aromatic rings. The molecule has 0 aromatic carbocycles. The molecule has 0 aliphatic carbocycles. The molecule has 0 aliphatic heterocycles. The van der Waals surface area contributed by atoms with E-state index in [4.69, 9.17) is 0 Å². The van der Waals surface area contributed by atoms with E-state index in [1.807, 2.05) is 12.3 Å². The minimum absolute atomic E-state index is 0.394. The van der Waals surface area contributed by atoms with Crippen molar-refractivity contribution in [1.82, 2.24) is 9.88 Å². The van der Waals surface area contributed by atoms with Crippen LogP contribution in [-0.4, -0.2) is 29.5 Å². The van der Waals surface area contributed by atoms with E-state index in [1.165, 1.54) is 5.69 Å². The van der Waals surface area contributed by atoms with Crippen molar-refractivity contribution in [3.63, 3.8) is 0 Å². The second-order valence-corrected chi connectivity index (χ2v) is 3.64. The molecule has 14 heavy (non-hydrogen) atoms. The maximum absolute atomic E-state index is 4.16. The molecule has 1 aromatic heterocycles. The number of nitrogens with zero attached hydrogens (tertiary/aromatic N) is 1. The molecule has 2 nitrogen and oxygen atoms in total. The van der Waals surface area contributed by atoms with Gasteiger partial charge in [-0.2, -0.15) is 0 Å². The van der Waals surface area contributed by atoms with Gasteiger partial charge in [0, 0.05) is 17.8 Å². The molecule has 1 N–H and O–H groups in total. The second-order valence-electron chi connectivity index (χ2n) is 3.64. The fourth-order valence-corrected chi connectivity index (χ4v) is 1.63. The molecular formula is C12H21N2. The lowest BCUT2D eigenvalue weighted by molar-refractivity contribution is 0.295. The van der Waals surface area contributed by atoms with E-state index in [0.29, 0.717) is 5.92 Å². The second kappa shape index (κ2) is 5.86. The average Bonchev–Trinajstić information content (AvgIpc) is 2.72. The Bertz CT molecular complexity index is 224. The molecule has 0 bridgehead atoms. The van der Waals surface area contributed by atoms with E-state index >= 15 is 0 Å². The Morgan fingerprint density at radius 3 is 2.64 bits per heavy atom. The summed E-state index contributed by atoms with van der Waals surface area (Å²) in [6.45, 7) is 12.0. The van der Waals surface area contributed by atoms with Gasteiger partial charge in [-0.25, -0.2) is 0 Å². The summed E-state index contributed by atoms with van der Waals surface area (Å²) in [5, 5.41) is 0. The van der Waals surface area contributed by atoms with Crippen LogP contribution < -0.4 is 0 Å². The number of H-pyrrole nitrogens is 1. The standard InChI is InChI=1S/C12H21N2/c1-4-14(5-2)10-8-11(3)12-7-6-9-13-12/h6-7,9,11,13H,3-5,8,10H2,1-2H3. The van der Waals surface area contributed by atoms with Crippen molar-refractivity contribution in [3.05, 3.63) is 30.9 Å². The Hall–Kier alpha value is -0.760. The van der Waals surface area contributed by atoms with Crippen LogP contribution in [-0.2, 0) is 0 Å². The molecule has 0 saturated carbocycles. The molecule has 1 heterocycles. The third-order valence-corrected chi connectivity index (χ3v) is 2.75. The van der Waals surface area contributed by atoms with Gasteiger partial charge in [-0.1, -0.05) is 13.8 Å². The number of rotatable bonds is 6. The Morgan fingerprint density at radius 2 is 2.14 bits per heavy atom. The monoisotopic (exact) mass is 193 g/mol. The number of hydrogen-bond acceptors (Lipinski definition) is 1. The molecular weight excluding hydrogens is 172 g/mol. The Kier molecular flexibility index (Phi) is 4.74. The summed E-state index contributed by atoms with van der Waals surface area (Å²) >= 11 is 0. The molecule has 0 amide bonds. The topological polar surface area (TPSA) is 19.0 Å². The van der Waals surface area contributed by atoms with Crippen LogP contribution >= 0.6 is 0 Å². The summed E-state index contributed by atoms with van der Waals surface area (Å²) in [6, 6.07) is 4.14. The van der Waals surface area contributed by atoms with E-state index < -0.39 is 0 Å². The van der Waals surface area contributed by atoms with Gasteiger partial charge < -0.3 is 9.88 Å². The summed E-state index contributed by atoms with van der Waals surface area (Å²) in [7, 11) is 0. The summed E-state index contributed by atoms with van der Waals surface area (Å²) in [4.78, 5) is 5.65. The van der Waals surface area contributed by atoms with Crippen molar-refractivity contribution >= 4 is 0 Å². The molecule has 1 radical (unpaired) electrons. The SMILES string of the molecule is [CH2]C(CCN(CC)CC)c1ccc[nH]1. The maximum atomic E-state index is 4.16. The number of aromatic amines is 1. The highest BCUT2D eigenvalue weighted by molar-refractivity contribution is 5.10.